The van der Waals surface area contributed by atoms with E-state index in [1.54, 1.807) is 20.4 Å². The minimum Gasteiger partial charge on any atom is -0.378 e. The number of nitrogens with one attached hydrogen (secondary N) is 1. The molecule has 1 aliphatic rings. The zero-order valence-corrected chi connectivity index (χ0v) is 14.4. The normalized spacial score (nSPS) is 14.6. The van der Waals surface area contributed by atoms with Crippen molar-refractivity contribution in [3.8, 4) is 0 Å². The SMILES string of the molecule is COCc1nc(C(=O)NCc2ccnc(N3CCOCC3)c2)n(C)n1. The van der Waals surface area contributed by atoms with Crippen LogP contribution in [0.2, 0.25) is 0 Å². The molecule has 0 aromatic carbocycles. The number of carbonyl (C=O) groups excluding carboxylic acids is 1. The summed E-state index contributed by atoms with van der Waals surface area (Å²) in [5, 5.41) is 7.01. The summed E-state index contributed by atoms with van der Waals surface area (Å²) in [6.07, 6.45) is 1.76. The Morgan fingerprint density at radius 3 is 2.96 bits per heavy atom. The van der Waals surface area contributed by atoms with Crippen LogP contribution in [0, 0.1) is 0 Å². The minimum atomic E-state index is -0.276. The van der Waals surface area contributed by atoms with Gasteiger partial charge < -0.3 is 19.7 Å². The lowest BCUT2D eigenvalue weighted by Gasteiger charge is -2.28. The van der Waals surface area contributed by atoms with E-state index < -0.39 is 0 Å². The number of morpholine rings is 1. The van der Waals surface area contributed by atoms with Gasteiger partial charge in [-0.15, -0.1) is 0 Å². The molecule has 1 N–H and O–H groups in total. The molecule has 2 aromatic heterocycles. The lowest BCUT2D eigenvalue weighted by Crippen LogP contribution is -2.36. The number of aryl methyl sites for hydroxylation is 1. The first-order chi connectivity index (χ1) is 12.2. The van der Waals surface area contributed by atoms with Crippen LogP contribution < -0.4 is 10.2 Å². The second-order valence-corrected chi connectivity index (χ2v) is 5.71. The Morgan fingerprint density at radius 1 is 1.40 bits per heavy atom. The Hall–Kier alpha value is -2.52. The molecule has 0 saturated carbocycles. The number of nitrogens with zero attached hydrogens (tertiary/aromatic N) is 5. The predicted octanol–water partition coefficient (Wildman–Crippen LogP) is 0.123. The van der Waals surface area contributed by atoms with Gasteiger partial charge in [-0.25, -0.2) is 14.6 Å². The third-order valence-corrected chi connectivity index (χ3v) is 3.88. The van der Waals surface area contributed by atoms with E-state index >= 15 is 0 Å². The van der Waals surface area contributed by atoms with Gasteiger partial charge in [0.15, 0.2) is 5.82 Å². The van der Waals surface area contributed by atoms with Gasteiger partial charge in [0.05, 0.1) is 13.2 Å². The lowest BCUT2D eigenvalue weighted by atomic mass is 10.2. The van der Waals surface area contributed by atoms with Gasteiger partial charge in [-0.2, -0.15) is 5.10 Å². The highest BCUT2D eigenvalue weighted by Crippen LogP contribution is 2.14. The molecule has 1 saturated heterocycles. The van der Waals surface area contributed by atoms with Crippen LogP contribution in [0.15, 0.2) is 18.3 Å². The van der Waals surface area contributed by atoms with Gasteiger partial charge in [-0.1, -0.05) is 0 Å². The van der Waals surface area contributed by atoms with Crippen molar-refractivity contribution < 1.29 is 14.3 Å². The molecule has 0 radical (unpaired) electrons. The summed E-state index contributed by atoms with van der Waals surface area (Å²) in [7, 11) is 3.25. The van der Waals surface area contributed by atoms with Crippen LogP contribution in [0.1, 0.15) is 22.0 Å². The second kappa shape index (κ2) is 8.04. The van der Waals surface area contributed by atoms with E-state index in [9.17, 15) is 4.79 Å². The van der Waals surface area contributed by atoms with Crippen molar-refractivity contribution in [2.45, 2.75) is 13.2 Å². The molecule has 9 nitrogen and oxygen atoms in total. The van der Waals surface area contributed by atoms with E-state index in [1.165, 1.54) is 4.68 Å². The summed E-state index contributed by atoms with van der Waals surface area (Å²) in [6, 6.07) is 3.87. The maximum Gasteiger partial charge on any atom is 0.289 e. The fourth-order valence-corrected chi connectivity index (χ4v) is 2.62. The van der Waals surface area contributed by atoms with E-state index in [4.69, 9.17) is 9.47 Å². The fourth-order valence-electron chi connectivity index (χ4n) is 2.62. The number of methoxy groups -OCH3 is 1. The first kappa shape index (κ1) is 17.3. The summed E-state index contributed by atoms with van der Waals surface area (Å²) in [5.74, 6) is 1.36. The number of hydrogen-bond donors (Lipinski definition) is 1. The molecule has 25 heavy (non-hydrogen) atoms. The van der Waals surface area contributed by atoms with Crippen LogP contribution in [0.3, 0.4) is 0 Å². The smallest absolute Gasteiger partial charge is 0.289 e. The molecular formula is C16H22N6O3. The summed E-state index contributed by atoms with van der Waals surface area (Å²) in [6.45, 7) is 3.73. The van der Waals surface area contributed by atoms with Crippen LogP contribution in [-0.4, -0.2) is 59.1 Å². The lowest BCUT2D eigenvalue weighted by molar-refractivity contribution is 0.0936. The van der Waals surface area contributed by atoms with Gasteiger partial charge in [0.2, 0.25) is 5.82 Å². The molecule has 0 atom stereocenters. The molecule has 0 spiro atoms. The van der Waals surface area contributed by atoms with Crippen molar-refractivity contribution in [1.82, 2.24) is 25.1 Å². The van der Waals surface area contributed by atoms with E-state index in [0.717, 1.165) is 24.5 Å². The molecule has 2 aromatic rings. The van der Waals surface area contributed by atoms with E-state index in [1.807, 2.05) is 12.1 Å². The van der Waals surface area contributed by atoms with Crippen molar-refractivity contribution in [3.63, 3.8) is 0 Å². The molecule has 0 unspecified atom stereocenters. The molecule has 3 heterocycles. The number of hydrogen-bond acceptors (Lipinski definition) is 7. The van der Waals surface area contributed by atoms with Crippen molar-refractivity contribution in [2.24, 2.45) is 7.05 Å². The van der Waals surface area contributed by atoms with Crippen LogP contribution in [-0.2, 0) is 29.7 Å². The van der Waals surface area contributed by atoms with Crippen LogP contribution in [0.25, 0.3) is 0 Å². The zero-order valence-electron chi connectivity index (χ0n) is 14.4. The molecule has 0 aliphatic carbocycles. The number of ether oxygens (including phenoxy) is 2. The second-order valence-electron chi connectivity index (χ2n) is 5.71. The Labute approximate surface area is 146 Å². The average Bonchev–Trinajstić information content (AvgIpc) is 3.01. The summed E-state index contributed by atoms with van der Waals surface area (Å²) in [4.78, 5) is 23.1. The number of amides is 1. The highest BCUT2D eigenvalue weighted by atomic mass is 16.5. The number of aromatic nitrogens is 4. The van der Waals surface area contributed by atoms with Crippen molar-refractivity contribution in [2.75, 3.05) is 38.3 Å². The summed E-state index contributed by atoms with van der Waals surface area (Å²) in [5.41, 5.74) is 0.976. The van der Waals surface area contributed by atoms with Gasteiger partial charge in [-0.05, 0) is 17.7 Å². The van der Waals surface area contributed by atoms with Crippen LogP contribution in [0.4, 0.5) is 5.82 Å². The van der Waals surface area contributed by atoms with Gasteiger partial charge in [0, 0.05) is 40.0 Å². The van der Waals surface area contributed by atoms with Gasteiger partial charge in [-0.3, -0.25) is 4.79 Å². The van der Waals surface area contributed by atoms with Crippen molar-refractivity contribution in [1.29, 1.82) is 0 Å². The highest BCUT2D eigenvalue weighted by Gasteiger charge is 2.16. The largest absolute Gasteiger partial charge is 0.378 e. The third-order valence-electron chi connectivity index (χ3n) is 3.88. The maximum absolute atomic E-state index is 12.3. The van der Waals surface area contributed by atoms with Gasteiger partial charge in [0.25, 0.3) is 5.91 Å². The van der Waals surface area contributed by atoms with Crippen molar-refractivity contribution in [3.05, 3.63) is 35.5 Å². The zero-order chi connectivity index (χ0) is 17.6. The maximum atomic E-state index is 12.3. The van der Waals surface area contributed by atoms with E-state index in [2.05, 4.69) is 25.3 Å². The third kappa shape index (κ3) is 4.31. The van der Waals surface area contributed by atoms with Crippen LogP contribution >= 0.6 is 0 Å². The number of pyridine rings is 1. The predicted molar refractivity (Wildman–Crippen MR) is 90.2 cm³/mol. The Bertz CT molecular complexity index is 726. The Morgan fingerprint density at radius 2 is 2.20 bits per heavy atom. The monoisotopic (exact) mass is 346 g/mol. The van der Waals surface area contributed by atoms with Crippen molar-refractivity contribution >= 4 is 11.7 Å². The molecular weight excluding hydrogens is 324 g/mol. The first-order valence-corrected chi connectivity index (χ1v) is 8.12. The van der Waals surface area contributed by atoms with Crippen LogP contribution in [0.5, 0.6) is 0 Å². The van der Waals surface area contributed by atoms with E-state index in [-0.39, 0.29) is 18.3 Å². The average molecular weight is 346 g/mol. The highest BCUT2D eigenvalue weighted by molar-refractivity contribution is 5.90. The molecule has 1 aliphatic heterocycles. The number of rotatable bonds is 6. The quantitative estimate of drug-likeness (QED) is 0.794. The topological polar surface area (TPSA) is 94.4 Å². The molecule has 1 amide bonds. The molecule has 9 heteroatoms. The molecule has 0 bridgehead atoms. The minimum absolute atomic E-state index is 0.259. The van der Waals surface area contributed by atoms with Gasteiger partial charge >= 0.3 is 0 Å². The summed E-state index contributed by atoms with van der Waals surface area (Å²) < 4.78 is 11.8. The van der Waals surface area contributed by atoms with E-state index in [0.29, 0.717) is 25.6 Å². The number of carbonyl (C=O) groups is 1. The molecule has 3 rings (SSSR count). The first-order valence-electron chi connectivity index (χ1n) is 8.12. The standard InChI is InChI=1S/C16H22N6O3/c1-21-15(19-13(20-21)11-24-2)16(23)18-10-12-3-4-17-14(9-12)22-5-7-25-8-6-22/h3-4,9H,5-8,10-11H2,1-2H3,(H,18,23). The molecule has 134 valence electrons. The number of anilines is 1. The summed E-state index contributed by atoms with van der Waals surface area (Å²) >= 11 is 0. The Balaban J connectivity index is 1.62. The fraction of sp³-hybridized carbons (Fsp3) is 0.500. The Kier molecular flexibility index (Phi) is 5.56. The van der Waals surface area contributed by atoms with Gasteiger partial charge in [0.1, 0.15) is 12.4 Å². The molecule has 1 fully saturated rings.